The van der Waals surface area contributed by atoms with Crippen molar-refractivity contribution in [3.63, 3.8) is 0 Å². The van der Waals surface area contributed by atoms with Crippen LogP contribution in [0.4, 0.5) is 0 Å². The predicted octanol–water partition coefficient (Wildman–Crippen LogP) is 25.5. The third kappa shape index (κ3) is 75.3. The smallest absolute Gasteiger partial charge is 0.462 e. The number of aliphatic hydroxyl groups is 1. The monoisotopic (exact) mass is 1510 g/mol. The number of esters is 4. The van der Waals surface area contributed by atoms with Gasteiger partial charge in [-0.1, -0.05) is 395 Å². The molecule has 103 heavy (non-hydrogen) atoms. The highest BCUT2D eigenvalue weighted by Gasteiger charge is 2.30. The van der Waals surface area contributed by atoms with Crippen LogP contribution in [0.3, 0.4) is 0 Å². The first-order valence-corrected chi connectivity index (χ1v) is 46.6. The van der Waals surface area contributed by atoms with Crippen molar-refractivity contribution in [3.8, 4) is 0 Å². The largest absolute Gasteiger partial charge is 0.472 e. The fraction of sp³-hybridized carbons (Fsp3) is 0.952. The van der Waals surface area contributed by atoms with Gasteiger partial charge in [-0.05, 0) is 37.5 Å². The van der Waals surface area contributed by atoms with E-state index in [4.69, 9.17) is 37.0 Å². The highest BCUT2D eigenvalue weighted by Crippen LogP contribution is 2.45. The van der Waals surface area contributed by atoms with Gasteiger partial charge >= 0.3 is 39.5 Å². The molecule has 0 saturated carbocycles. The average molecular weight is 1510 g/mol. The molecule has 0 spiro atoms. The zero-order valence-electron chi connectivity index (χ0n) is 67.6. The van der Waals surface area contributed by atoms with E-state index in [9.17, 15) is 43.2 Å². The Morgan fingerprint density at radius 2 is 0.466 bits per heavy atom. The van der Waals surface area contributed by atoms with Crippen molar-refractivity contribution in [2.24, 2.45) is 11.8 Å². The van der Waals surface area contributed by atoms with Crippen LogP contribution in [0.5, 0.6) is 0 Å². The van der Waals surface area contributed by atoms with E-state index in [0.717, 1.165) is 102 Å². The maximum Gasteiger partial charge on any atom is 0.472 e. The normalized spacial score (nSPS) is 14.4. The first-order valence-electron chi connectivity index (χ1n) is 43.6. The predicted molar refractivity (Wildman–Crippen MR) is 423 cm³/mol. The highest BCUT2D eigenvalue weighted by molar-refractivity contribution is 7.47. The first kappa shape index (κ1) is 101. The molecule has 17 nitrogen and oxygen atoms in total. The van der Waals surface area contributed by atoms with Gasteiger partial charge in [-0.15, -0.1) is 0 Å². The summed E-state index contributed by atoms with van der Waals surface area (Å²) in [6.07, 6.45) is 66.5. The lowest BCUT2D eigenvalue weighted by molar-refractivity contribution is -0.161. The zero-order valence-corrected chi connectivity index (χ0v) is 69.4. The Morgan fingerprint density at radius 3 is 0.689 bits per heavy atom. The van der Waals surface area contributed by atoms with Crippen LogP contribution >= 0.6 is 15.6 Å². The van der Waals surface area contributed by atoms with Crippen LogP contribution in [0.15, 0.2) is 0 Å². The van der Waals surface area contributed by atoms with Crippen LogP contribution in [-0.4, -0.2) is 96.7 Å². The zero-order chi connectivity index (χ0) is 75.6. The Morgan fingerprint density at radius 1 is 0.272 bits per heavy atom. The summed E-state index contributed by atoms with van der Waals surface area (Å²) in [5.41, 5.74) is 0. The molecule has 0 saturated heterocycles. The van der Waals surface area contributed by atoms with Crippen molar-refractivity contribution < 1.29 is 80.2 Å². The van der Waals surface area contributed by atoms with E-state index in [1.165, 1.54) is 263 Å². The molecule has 0 aliphatic carbocycles. The number of ether oxygens (including phenoxy) is 4. The summed E-state index contributed by atoms with van der Waals surface area (Å²) in [6, 6.07) is 0. The van der Waals surface area contributed by atoms with Crippen LogP contribution in [0.25, 0.3) is 0 Å². The molecule has 612 valence electrons. The van der Waals surface area contributed by atoms with Gasteiger partial charge in [-0.2, -0.15) is 0 Å². The number of carbonyl (C=O) groups is 4. The highest BCUT2D eigenvalue weighted by atomic mass is 31.2. The van der Waals surface area contributed by atoms with Crippen LogP contribution < -0.4 is 0 Å². The summed E-state index contributed by atoms with van der Waals surface area (Å²) in [5.74, 6) is -0.464. The van der Waals surface area contributed by atoms with Crippen molar-refractivity contribution in [2.75, 3.05) is 39.6 Å². The van der Waals surface area contributed by atoms with Gasteiger partial charge in [0.1, 0.15) is 19.3 Å². The Hall–Kier alpha value is -1.94. The third-order valence-corrected chi connectivity index (χ3v) is 22.3. The van der Waals surface area contributed by atoms with Gasteiger partial charge in [-0.25, -0.2) is 9.13 Å². The maximum absolute atomic E-state index is 13.1. The van der Waals surface area contributed by atoms with Crippen molar-refractivity contribution in [3.05, 3.63) is 0 Å². The molecule has 0 fully saturated rings. The number of aliphatic hydroxyl groups excluding tert-OH is 1. The van der Waals surface area contributed by atoms with Crippen molar-refractivity contribution in [1.29, 1.82) is 0 Å². The van der Waals surface area contributed by atoms with Crippen molar-refractivity contribution >= 4 is 39.5 Å². The molecule has 0 rings (SSSR count). The van der Waals surface area contributed by atoms with Gasteiger partial charge in [0.05, 0.1) is 26.4 Å². The second-order valence-corrected chi connectivity index (χ2v) is 33.6. The molecule has 3 N–H and O–H groups in total. The van der Waals surface area contributed by atoms with E-state index < -0.39 is 97.5 Å². The fourth-order valence-corrected chi connectivity index (χ4v) is 14.6. The summed E-state index contributed by atoms with van der Waals surface area (Å²) >= 11 is 0. The van der Waals surface area contributed by atoms with E-state index in [0.29, 0.717) is 25.7 Å². The molecular formula is C84H164O17P2. The molecule has 0 aromatic carbocycles. The lowest BCUT2D eigenvalue weighted by atomic mass is 9.99. The Kier molecular flexibility index (Phi) is 74.1. The van der Waals surface area contributed by atoms with E-state index in [1.54, 1.807) is 0 Å². The van der Waals surface area contributed by atoms with E-state index in [-0.39, 0.29) is 25.7 Å². The van der Waals surface area contributed by atoms with E-state index >= 15 is 0 Å². The first-order chi connectivity index (χ1) is 49.9. The third-order valence-electron chi connectivity index (χ3n) is 20.4. The molecule has 0 bridgehead atoms. The topological polar surface area (TPSA) is 237 Å². The number of phosphoric ester groups is 2. The molecule has 0 aliphatic rings. The molecule has 0 heterocycles. The molecular weight excluding hydrogens is 1340 g/mol. The van der Waals surface area contributed by atoms with Crippen molar-refractivity contribution in [2.45, 2.75) is 464 Å². The number of hydrogen-bond acceptors (Lipinski definition) is 15. The quantitative estimate of drug-likeness (QED) is 0.0222. The second kappa shape index (κ2) is 75.5. The van der Waals surface area contributed by atoms with Gasteiger partial charge in [-0.3, -0.25) is 37.3 Å². The molecule has 0 aromatic rings. The Balaban J connectivity index is 5.23. The molecule has 7 atom stereocenters. The molecule has 0 aromatic heterocycles. The molecule has 0 radical (unpaired) electrons. The van der Waals surface area contributed by atoms with E-state index in [2.05, 4.69) is 41.5 Å². The molecule has 19 heteroatoms. The SMILES string of the molecule is CCCCCCCCCCCCCCCCCCCC(=O)OC[C@H](COP(=O)(O)OC[C@@H](O)COP(=O)(O)OC[C@@H](COC(=O)CCCCCCCCCCCCCC)OC(=O)CCCCCCCCCCC(C)CC)OC(=O)CCCCCCCCCCCCCCCCCCCCC(C)CC. The summed E-state index contributed by atoms with van der Waals surface area (Å²) in [5, 5.41) is 10.7. The minimum Gasteiger partial charge on any atom is -0.462 e. The van der Waals surface area contributed by atoms with Gasteiger partial charge in [0.15, 0.2) is 12.2 Å². The van der Waals surface area contributed by atoms with Gasteiger partial charge in [0.2, 0.25) is 0 Å². The molecule has 4 unspecified atom stereocenters. The number of phosphoric acid groups is 2. The lowest BCUT2D eigenvalue weighted by Gasteiger charge is -2.21. The van der Waals surface area contributed by atoms with Crippen LogP contribution in [0.2, 0.25) is 0 Å². The Bertz CT molecular complexity index is 1980. The molecule has 0 amide bonds. The fourth-order valence-electron chi connectivity index (χ4n) is 13.0. The number of hydrogen-bond donors (Lipinski definition) is 3. The molecule has 0 aliphatic heterocycles. The van der Waals surface area contributed by atoms with Gasteiger partial charge in [0, 0.05) is 25.7 Å². The number of unbranched alkanes of at least 4 members (excludes halogenated alkanes) is 51. The van der Waals surface area contributed by atoms with Gasteiger partial charge in [0.25, 0.3) is 0 Å². The average Bonchev–Trinajstić information content (AvgIpc) is 1.13. The minimum absolute atomic E-state index is 0.106. The van der Waals surface area contributed by atoms with Crippen LogP contribution in [0.1, 0.15) is 446 Å². The van der Waals surface area contributed by atoms with Gasteiger partial charge < -0.3 is 33.8 Å². The minimum atomic E-state index is -4.96. The lowest BCUT2D eigenvalue weighted by Crippen LogP contribution is -2.30. The van der Waals surface area contributed by atoms with Crippen LogP contribution in [0, 0.1) is 11.8 Å². The van der Waals surface area contributed by atoms with Crippen molar-refractivity contribution in [1.82, 2.24) is 0 Å². The van der Waals surface area contributed by atoms with Crippen LogP contribution in [-0.2, 0) is 65.4 Å². The summed E-state index contributed by atoms with van der Waals surface area (Å²) in [4.78, 5) is 73.1. The maximum atomic E-state index is 13.1. The number of rotatable bonds is 83. The summed E-state index contributed by atoms with van der Waals surface area (Å²) < 4.78 is 68.8. The number of carbonyl (C=O) groups excluding carboxylic acids is 4. The second-order valence-electron chi connectivity index (χ2n) is 30.7. The standard InChI is InChI=1S/C84H164O17P2/c1-7-11-13-15-17-19-21-23-24-27-31-34-38-42-49-55-61-67-82(87)94-72-79(100-83(88)68-62-56-50-43-39-35-32-29-26-25-28-30-33-36-40-46-52-58-64-76(5)9-3)74-98-102(90,91)96-70-78(85)71-97-103(92,93)99-75-80(101-84(89)69-63-57-51-45-44-47-53-59-65-77(6)10-4)73-95-81(86)66-60-54-48-41-37-22-20-18-16-14-12-8-2/h76-80,85H,7-75H2,1-6H3,(H,90,91)(H,92,93)/t76?,77?,78-,79-,80-/m1/s1. The summed E-state index contributed by atoms with van der Waals surface area (Å²) in [6.45, 7) is 9.72. The van der Waals surface area contributed by atoms with E-state index in [1.807, 2.05) is 0 Å². The Labute approximate surface area is 632 Å². The summed E-state index contributed by atoms with van der Waals surface area (Å²) in [7, 11) is -9.92.